The van der Waals surface area contributed by atoms with Crippen LogP contribution in [0.15, 0.2) is 25.3 Å². The molecule has 2 heteroatoms. The third-order valence-corrected chi connectivity index (χ3v) is 0.754. The zero-order chi connectivity index (χ0) is 6.41. The third kappa shape index (κ3) is 2.55. The Morgan fingerprint density at radius 2 is 2.25 bits per heavy atom. The summed E-state index contributed by atoms with van der Waals surface area (Å²) in [6.07, 6.45) is 3.85. The third-order valence-electron chi connectivity index (χ3n) is 0.754. The summed E-state index contributed by atoms with van der Waals surface area (Å²) < 4.78 is 0. The summed E-state index contributed by atoms with van der Waals surface area (Å²) >= 11 is 0. The van der Waals surface area contributed by atoms with E-state index in [-0.39, 0.29) is 0 Å². The van der Waals surface area contributed by atoms with Gasteiger partial charge in [-0.05, 0) is 6.42 Å². The quantitative estimate of drug-likeness (QED) is 0.424. The molecule has 2 N–H and O–H groups in total. The second-order valence-corrected chi connectivity index (χ2v) is 1.33. The van der Waals surface area contributed by atoms with Crippen LogP contribution in [0, 0.1) is 6.04 Å². The topological polar surface area (TPSA) is 32.3 Å². The van der Waals surface area contributed by atoms with Gasteiger partial charge in [0.1, 0.15) is 0 Å². The van der Waals surface area contributed by atoms with E-state index < -0.39 is 0 Å². The van der Waals surface area contributed by atoms with Crippen LogP contribution in [0.5, 0.6) is 0 Å². The lowest BCUT2D eigenvalue weighted by Gasteiger charge is -2.02. The van der Waals surface area contributed by atoms with Crippen molar-refractivity contribution < 1.29 is 5.21 Å². The summed E-state index contributed by atoms with van der Waals surface area (Å²) in [5, 5.41) is 8.25. The molecule has 0 aromatic heterocycles. The lowest BCUT2D eigenvalue weighted by atomic mass is 10.2. The van der Waals surface area contributed by atoms with Gasteiger partial charge in [0.2, 0.25) is 0 Å². The molecule has 0 rings (SSSR count). The molecule has 2 nitrogen and oxygen atoms in total. The van der Waals surface area contributed by atoms with Crippen LogP contribution < -0.4 is 5.48 Å². The molecule has 0 aromatic rings. The fraction of sp³-hybridized carbons (Fsp3) is 0.167. The SMILES string of the molecule is C=CC[C](C=C)NO. The van der Waals surface area contributed by atoms with Crippen LogP contribution in [0.25, 0.3) is 0 Å². The monoisotopic (exact) mass is 112 g/mol. The van der Waals surface area contributed by atoms with E-state index in [4.69, 9.17) is 5.21 Å². The normalized spacial score (nSPS) is 9.25. The zero-order valence-electron chi connectivity index (χ0n) is 4.72. The minimum Gasteiger partial charge on any atom is -0.316 e. The van der Waals surface area contributed by atoms with Gasteiger partial charge in [0.05, 0.1) is 6.04 Å². The second kappa shape index (κ2) is 4.56. The summed E-state index contributed by atoms with van der Waals surface area (Å²) in [7, 11) is 0. The van der Waals surface area contributed by atoms with Crippen LogP contribution in [0.1, 0.15) is 6.42 Å². The van der Waals surface area contributed by atoms with Crippen molar-refractivity contribution in [2.45, 2.75) is 6.42 Å². The van der Waals surface area contributed by atoms with Crippen LogP contribution in [-0.2, 0) is 0 Å². The Hall–Kier alpha value is -0.600. The Bertz CT molecular complexity index is 80.6. The van der Waals surface area contributed by atoms with Gasteiger partial charge < -0.3 is 5.21 Å². The standard InChI is InChI=1S/C6H10NO/c1-3-5-6(4-2)7-8/h3-4,7-8H,1-2,5H2. The van der Waals surface area contributed by atoms with Crippen LogP contribution in [-0.4, -0.2) is 5.21 Å². The van der Waals surface area contributed by atoms with E-state index in [9.17, 15) is 0 Å². The van der Waals surface area contributed by atoms with Crippen molar-refractivity contribution in [3.8, 4) is 0 Å². The van der Waals surface area contributed by atoms with Gasteiger partial charge in [0.25, 0.3) is 0 Å². The number of rotatable bonds is 4. The Balaban J connectivity index is 3.35. The number of nitrogens with one attached hydrogen (secondary N) is 1. The fourth-order valence-corrected chi connectivity index (χ4v) is 0.330. The average Bonchev–Trinajstić information content (AvgIpc) is 1.83. The van der Waals surface area contributed by atoms with Crippen molar-refractivity contribution in [2.75, 3.05) is 0 Å². The molecule has 0 aliphatic rings. The first-order chi connectivity index (χ1) is 3.85. The van der Waals surface area contributed by atoms with Gasteiger partial charge >= 0.3 is 0 Å². The molecule has 0 aliphatic heterocycles. The maximum Gasteiger partial charge on any atom is 0.0882 e. The summed E-state index contributed by atoms with van der Waals surface area (Å²) in [5.74, 6) is 0. The number of hydrogen-bond donors (Lipinski definition) is 2. The molecule has 0 saturated heterocycles. The van der Waals surface area contributed by atoms with Gasteiger partial charge in [0.15, 0.2) is 0 Å². The van der Waals surface area contributed by atoms with Crippen molar-refractivity contribution in [3.05, 3.63) is 31.4 Å². The van der Waals surface area contributed by atoms with E-state index in [1.54, 1.807) is 12.2 Å². The van der Waals surface area contributed by atoms with Crippen LogP contribution in [0.3, 0.4) is 0 Å². The molecular formula is C6H10NO. The number of hydrogen-bond acceptors (Lipinski definition) is 2. The highest BCUT2D eigenvalue weighted by atomic mass is 16.5. The largest absolute Gasteiger partial charge is 0.316 e. The maximum atomic E-state index is 8.25. The highest BCUT2D eigenvalue weighted by molar-refractivity contribution is 5.04. The lowest BCUT2D eigenvalue weighted by Crippen LogP contribution is -2.12. The zero-order valence-corrected chi connectivity index (χ0v) is 4.72. The molecule has 1 radical (unpaired) electrons. The summed E-state index contributed by atoms with van der Waals surface area (Å²) in [6, 6.07) is 0.667. The fourth-order valence-electron chi connectivity index (χ4n) is 0.330. The maximum absolute atomic E-state index is 8.25. The molecule has 0 unspecified atom stereocenters. The Kier molecular flexibility index (Phi) is 4.21. The highest BCUT2D eigenvalue weighted by Crippen LogP contribution is 1.99. The molecule has 0 heterocycles. The van der Waals surface area contributed by atoms with Crippen molar-refractivity contribution in [1.29, 1.82) is 0 Å². The molecule has 0 spiro atoms. The first kappa shape index (κ1) is 7.40. The van der Waals surface area contributed by atoms with Crippen molar-refractivity contribution in [2.24, 2.45) is 0 Å². The van der Waals surface area contributed by atoms with Crippen LogP contribution in [0.4, 0.5) is 0 Å². The number of hydroxylamine groups is 1. The molecule has 0 amide bonds. The first-order valence-electron chi connectivity index (χ1n) is 2.34. The molecule has 0 aliphatic carbocycles. The van der Waals surface area contributed by atoms with Gasteiger partial charge in [-0.15, -0.1) is 13.2 Å². The van der Waals surface area contributed by atoms with Crippen molar-refractivity contribution in [1.82, 2.24) is 5.48 Å². The van der Waals surface area contributed by atoms with E-state index in [1.165, 1.54) is 0 Å². The predicted octanol–water partition coefficient (Wildman–Crippen LogP) is 1.26. The van der Waals surface area contributed by atoms with Gasteiger partial charge in [-0.3, -0.25) is 0 Å². The lowest BCUT2D eigenvalue weighted by molar-refractivity contribution is 0.179. The summed E-state index contributed by atoms with van der Waals surface area (Å²) in [6.45, 7) is 6.92. The van der Waals surface area contributed by atoms with E-state index in [2.05, 4.69) is 13.2 Å². The molecule has 0 bridgehead atoms. The van der Waals surface area contributed by atoms with E-state index in [0.29, 0.717) is 12.5 Å². The minimum absolute atomic E-state index is 0.625. The van der Waals surface area contributed by atoms with Gasteiger partial charge in [-0.2, -0.15) is 5.48 Å². The summed E-state index contributed by atoms with van der Waals surface area (Å²) in [5.41, 5.74) is 1.98. The highest BCUT2D eigenvalue weighted by Gasteiger charge is 1.95. The van der Waals surface area contributed by atoms with Crippen LogP contribution in [0.2, 0.25) is 0 Å². The van der Waals surface area contributed by atoms with Gasteiger partial charge in [-0.1, -0.05) is 12.2 Å². The molecule has 8 heavy (non-hydrogen) atoms. The molecule has 0 aromatic carbocycles. The smallest absolute Gasteiger partial charge is 0.0882 e. The molecule has 0 fully saturated rings. The Labute approximate surface area is 49.5 Å². The van der Waals surface area contributed by atoms with Crippen molar-refractivity contribution in [3.63, 3.8) is 0 Å². The van der Waals surface area contributed by atoms with Gasteiger partial charge in [-0.25, -0.2) is 0 Å². The van der Waals surface area contributed by atoms with Crippen LogP contribution >= 0.6 is 0 Å². The van der Waals surface area contributed by atoms with E-state index >= 15 is 0 Å². The molecule has 0 saturated carbocycles. The van der Waals surface area contributed by atoms with Crippen molar-refractivity contribution >= 4 is 0 Å². The summed E-state index contributed by atoms with van der Waals surface area (Å²) in [4.78, 5) is 0. The second-order valence-electron chi connectivity index (χ2n) is 1.33. The Morgan fingerprint density at radius 1 is 1.62 bits per heavy atom. The molecular weight excluding hydrogens is 102 g/mol. The van der Waals surface area contributed by atoms with E-state index in [1.807, 2.05) is 5.48 Å². The molecule has 45 valence electrons. The first-order valence-corrected chi connectivity index (χ1v) is 2.34. The predicted molar refractivity (Wildman–Crippen MR) is 33.2 cm³/mol. The van der Waals surface area contributed by atoms with Gasteiger partial charge in [0, 0.05) is 0 Å². The minimum atomic E-state index is 0.625. The average molecular weight is 112 g/mol. The Morgan fingerprint density at radius 3 is 2.38 bits per heavy atom. The van der Waals surface area contributed by atoms with E-state index in [0.717, 1.165) is 0 Å². The molecule has 0 atom stereocenters.